The average Bonchev–Trinajstić information content (AvgIpc) is 2.20. The second-order valence-corrected chi connectivity index (χ2v) is 3.60. The lowest BCUT2D eigenvalue weighted by molar-refractivity contribution is 0.0601. The maximum absolute atomic E-state index is 11.4. The van der Waals surface area contributed by atoms with Gasteiger partial charge in [0.05, 0.1) is 18.4 Å². The summed E-state index contributed by atoms with van der Waals surface area (Å²) in [5.41, 5.74) is 6.69. The molecule has 5 nitrogen and oxygen atoms in total. The van der Waals surface area contributed by atoms with Crippen LogP contribution in [0.5, 0.6) is 0 Å². The molecule has 0 bridgehead atoms. The summed E-state index contributed by atoms with van der Waals surface area (Å²) in [5, 5.41) is 7.39. The lowest BCUT2D eigenvalue weighted by Gasteiger charge is -2.06. The zero-order valence-corrected chi connectivity index (χ0v) is 9.91. The van der Waals surface area contributed by atoms with Gasteiger partial charge in [0.15, 0.2) is 0 Å². The highest BCUT2D eigenvalue weighted by Crippen LogP contribution is 2.31. The summed E-state index contributed by atoms with van der Waals surface area (Å²) < 4.78 is 5.31. The van der Waals surface area contributed by atoms with E-state index in [0.717, 1.165) is 0 Å². The van der Waals surface area contributed by atoms with Crippen molar-refractivity contribution in [3.63, 3.8) is 0 Å². The van der Waals surface area contributed by atoms with Gasteiger partial charge in [0.25, 0.3) is 0 Å². The van der Waals surface area contributed by atoms with Crippen molar-refractivity contribution in [1.82, 2.24) is 0 Å². The molecule has 15 heavy (non-hydrogen) atoms. The summed E-state index contributed by atoms with van der Waals surface area (Å²) in [4.78, 5) is 11.4. The fraction of sp³-hybridized carbons (Fsp3) is 0.222. The Labute approximate surface area is 95.5 Å². The molecule has 0 saturated carbocycles. The molecule has 0 heterocycles. The van der Waals surface area contributed by atoms with Crippen LogP contribution >= 0.6 is 15.9 Å². The number of benzene rings is 1. The monoisotopic (exact) mass is 271 g/mol. The molecule has 0 aliphatic heterocycles. The summed E-state index contributed by atoms with van der Waals surface area (Å²) in [7, 11) is 2.80. The van der Waals surface area contributed by atoms with E-state index in [4.69, 9.17) is 5.73 Å². The Hall–Kier alpha value is -1.43. The molecular weight excluding hydrogens is 262 g/mol. The first-order valence-corrected chi connectivity index (χ1v) is 4.86. The zero-order valence-electron chi connectivity index (χ0n) is 8.32. The van der Waals surface area contributed by atoms with Crippen LogP contribution in [-0.4, -0.2) is 20.1 Å². The second kappa shape index (κ2) is 4.88. The van der Waals surface area contributed by atoms with Crippen LogP contribution in [0.4, 0.5) is 11.4 Å². The minimum absolute atomic E-state index is 0.287. The van der Waals surface area contributed by atoms with Gasteiger partial charge in [-0.05, 0) is 12.1 Å². The molecule has 80 valence electrons. The molecule has 0 amide bonds. The molecule has 2 N–H and O–H groups in total. The summed E-state index contributed by atoms with van der Waals surface area (Å²) >= 11 is 3.24. The highest BCUT2D eigenvalue weighted by Gasteiger charge is 2.15. The van der Waals surface area contributed by atoms with Crippen molar-refractivity contribution in [3.8, 4) is 0 Å². The van der Waals surface area contributed by atoms with Gasteiger partial charge < -0.3 is 10.5 Å². The minimum Gasteiger partial charge on any atom is -0.465 e. The van der Waals surface area contributed by atoms with E-state index in [1.165, 1.54) is 14.2 Å². The van der Waals surface area contributed by atoms with Crippen molar-refractivity contribution in [1.29, 1.82) is 0 Å². The Morgan fingerprint density at radius 1 is 1.53 bits per heavy atom. The summed E-state index contributed by atoms with van der Waals surface area (Å²) in [6.07, 6.45) is 0. The number of halogens is 1. The topological polar surface area (TPSA) is 77.0 Å². The normalized spacial score (nSPS) is 10.6. The predicted molar refractivity (Wildman–Crippen MR) is 60.3 cm³/mol. The number of hydrogen-bond donors (Lipinski definition) is 1. The minimum atomic E-state index is -0.495. The lowest BCUT2D eigenvalue weighted by atomic mass is 10.1. The van der Waals surface area contributed by atoms with E-state index >= 15 is 0 Å². The smallest absolute Gasteiger partial charge is 0.340 e. The maximum Gasteiger partial charge on any atom is 0.340 e. The van der Waals surface area contributed by atoms with Crippen LogP contribution in [0.25, 0.3) is 0 Å². The van der Waals surface area contributed by atoms with Gasteiger partial charge in [0, 0.05) is 11.5 Å². The van der Waals surface area contributed by atoms with E-state index in [0.29, 0.717) is 15.8 Å². The molecule has 0 spiro atoms. The number of nitrogens with two attached hydrogens (primary N) is 1. The molecule has 1 rings (SSSR count). The number of nitrogen functional groups attached to an aromatic ring is 1. The van der Waals surface area contributed by atoms with Crippen LogP contribution in [0.2, 0.25) is 0 Å². The fourth-order valence-corrected chi connectivity index (χ4v) is 1.57. The second-order valence-electron chi connectivity index (χ2n) is 2.68. The Morgan fingerprint density at radius 3 is 2.73 bits per heavy atom. The van der Waals surface area contributed by atoms with E-state index < -0.39 is 5.97 Å². The van der Waals surface area contributed by atoms with E-state index in [1.54, 1.807) is 12.1 Å². The van der Waals surface area contributed by atoms with E-state index in [9.17, 15) is 4.79 Å². The van der Waals surface area contributed by atoms with Crippen LogP contribution in [0.3, 0.4) is 0 Å². The molecule has 0 aliphatic rings. The molecule has 0 aromatic heterocycles. The zero-order chi connectivity index (χ0) is 11.4. The molecule has 6 heteroatoms. The Kier molecular flexibility index (Phi) is 3.79. The average molecular weight is 272 g/mol. The number of esters is 1. The third-order valence-corrected chi connectivity index (χ3v) is 2.17. The third-order valence-electron chi connectivity index (χ3n) is 1.71. The van der Waals surface area contributed by atoms with Crippen LogP contribution in [0.15, 0.2) is 26.8 Å². The number of anilines is 1. The number of hydrogen-bond acceptors (Lipinski definition) is 5. The number of carbonyl (C=O) groups excluding carboxylic acids is 1. The first kappa shape index (κ1) is 11.6. The first-order valence-electron chi connectivity index (χ1n) is 4.07. The third kappa shape index (κ3) is 2.53. The highest BCUT2D eigenvalue weighted by molar-refractivity contribution is 9.10. The quantitative estimate of drug-likeness (QED) is 0.510. The van der Waals surface area contributed by atoms with E-state index in [1.807, 2.05) is 0 Å². The van der Waals surface area contributed by atoms with Crippen molar-refractivity contribution >= 4 is 33.3 Å². The van der Waals surface area contributed by atoms with Gasteiger partial charge in [0.2, 0.25) is 0 Å². The van der Waals surface area contributed by atoms with E-state index in [-0.39, 0.29) is 5.56 Å². The Balaban J connectivity index is 3.39. The standard InChI is InChI=1S/C9H10BrN3O2/c1-12-13-8-6(9(14)15-2)3-5(10)4-7(8)11/h3-4H,11H2,1-2H3. The van der Waals surface area contributed by atoms with Crippen LogP contribution in [0.1, 0.15) is 10.4 Å². The van der Waals surface area contributed by atoms with Gasteiger partial charge in [-0.1, -0.05) is 15.9 Å². The lowest BCUT2D eigenvalue weighted by Crippen LogP contribution is -2.03. The summed E-state index contributed by atoms with van der Waals surface area (Å²) in [5.74, 6) is -0.495. The fourth-order valence-electron chi connectivity index (χ4n) is 1.10. The SMILES string of the molecule is CN=Nc1c(N)cc(Br)cc1C(=O)OC. The number of carbonyl (C=O) groups is 1. The number of ether oxygens (including phenoxy) is 1. The summed E-state index contributed by atoms with van der Waals surface area (Å²) in [6, 6.07) is 3.24. The maximum atomic E-state index is 11.4. The van der Waals surface area contributed by atoms with Gasteiger partial charge in [0.1, 0.15) is 5.69 Å². The van der Waals surface area contributed by atoms with Gasteiger partial charge in [-0.15, -0.1) is 0 Å². The molecule has 0 fully saturated rings. The molecule has 0 atom stereocenters. The Bertz CT molecular complexity index is 418. The molecule has 0 radical (unpaired) electrons. The summed E-state index contributed by atoms with van der Waals surface area (Å²) in [6.45, 7) is 0. The van der Waals surface area contributed by atoms with Crippen molar-refractivity contribution in [2.75, 3.05) is 19.9 Å². The number of azo groups is 1. The van der Waals surface area contributed by atoms with Crippen LogP contribution in [0, 0.1) is 0 Å². The molecule has 0 aliphatic carbocycles. The van der Waals surface area contributed by atoms with Crippen molar-refractivity contribution in [3.05, 3.63) is 22.2 Å². The number of methoxy groups -OCH3 is 1. The van der Waals surface area contributed by atoms with Gasteiger partial charge in [-0.3, -0.25) is 0 Å². The van der Waals surface area contributed by atoms with Crippen LogP contribution in [-0.2, 0) is 4.74 Å². The van der Waals surface area contributed by atoms with Crippen LogP contribution < -0.4 is 5.73 Å². The largest absolute Gasteiger partial charge is 0.465 e. The Morgan fingerprint density at radius 2 is 2.20 bits per heavy atom. The molecular formula is C9H10BrN3O2. The van der Waals surface area contributed by atoms with Crippen molar-refractivity contribution in [2.24, 2.45) is 10.2 Å². The van der Waals surface area contributed by atoms with Crippen molar-refractivity contribution < 1.29 is 9.53 Å². The first-order chi connectivity index (χ1) is 7.10. The molecule has 0 saturated heterocycles. The number of nitrogens with zero attached hydrogens (tertiary/aromatic N) is 2. The highest BCUT2D eigenvalue weighted by atomic mass is 79.9. The van der Waals surface area contributed by atoms with Gasteiger partial charge >= 0.3 is 5.97 Å². The molecule has 1 aromatic carbocycles. The van der Waals surface area contributed by atoms with E-state index in [2.05, 4.69) is 30.9 Å². The number of rotatable bonds is 2. The van der Waals surface area contributed by atoms with Crippen molar-refractivity contribution in [2.45, 2.75) is 0 Å². The van der Waals surface area contributed by atoms with Gasteiger partial charge in [-0.2, -0.15) is 10.2 Å². The van der Waals surface area contributed by atoms with Gasteiger partial charge in [-0.25, -0.2) is 4.79 Å². The predicted octanol–water partition coefficient (Wildman–Crippen LogP) is 2.53. The molecule has 0 unspecified atom stereocenters. The molecule has 1 aromatic rings.